The fourth-order valence-corrected chi connectivity index (χ4v) is 2.62. The van der Waals surface area contributed by atoms with Crippen molar-refractivity contribution in [2.45, 2.75) is 38.3 Å². The quantitative estimate of drug-likeness (QED) is 0.797. The highest BCUT2D eigenvalue weighted by Crippen LogP contribution is 2.24. The Morgan fingerprint density at radius 1 is 1.29 bits per heavy atom. The van der Waals surface area contributed by atoms with E-state index in [-0.39, 0.29) is 0 Å². The van der Waals surface area contributed by atoms with Gasteiger partial charge in [-0.1, -0.05) is 12.8 Å². The highest BCUT2D eigenvalue weighted by Gasteiger charge is 2.15. The van der Waals surface area contributed by atoms with E-state index in [0.29, 0.717) is 6.04 Å². The van der Waals surface area contributed by atoms with Crippen molar-refractivity contribution in [2.75, 3.05) is 5.73 Å². The summed E-state index contributed by atoms with van der Waals surface area (Å²) in [5.41, 5.74) is 8.73. The third-order valence-electron chi connectivity index (χ3n) is 3.61. The SMILES string of the molecule is Nc1ccc2occ(CNC3CCCC3)c2c1. The number of anilines is 1. The summed E-state index contributed by atoms with van der Waals surface area (Å²) in [6.07, 6.45) is 7.16. The third-order valence-corrected chi connectivity index (χ3v) is 3.61. The molecule has 1 aromatic carbocycles. The zero-order valence-corrected chi connectivity index (χ0v) is 9.91. The molecule has 3 rings (SSSR count). The second-order valence-electron chi connectivity index (χ2n) is 4.88. The monoisotopic (exact) mass is 230 g/mol. The summed E-state index contributed by atoms with van der Waals surface area (Å²) in [4.78, 5) is 0. The Morgan fingerprint density at radius 3 is 2.94 bits per heavy atom. The average Bonchev–Trinajstić information content (AvgIpc) is 2.94. The van der Waals surface area contributed by atoms with Crippen molar-refractivity contribution in [1.29, 1.82) is 0 Å². The van der Waals surface area contributed by atoms with E-state index in [2.05, 4.69) is 5.32 Å². The molecule has 0 atom stereocenters. The van der Waals surface area contributed by atoms with Crippen LogP contribution < -0.4 is 11.1 Å². The average molecular weight is 230 g/mol. The van der Waals surface area contributed by atoms with Gasteiger partial charge in [0.15, 0.2) is 0 Å². The number of rotatable bonds is 3. The Bertz CT molecular complexity index is 512. The maximum absolute atomic E-state index is 5.81. The molecule has 0 bridgehead atoms. The molecular weight excluding hydrogens is 212 g/mol. The Morgan fingerprint density at radius 2 is 2.12 bits per heavy atom. The first kappa shape index (κ1) is 10.7. The molecule has 0 spiro atoms. The van der Waals surface area contributed by atoms with Crippen LogP contribution in [0.2, 0.25) is 0 Å². The number of hydrogen-bond donors (Lipinski definition) is 2. The maximum Gasteiger partial charge on any atom is 0.134 e. The largest absolute Gasteiger partial charge is 0.464 e. The minimum Gasteiger partial charge on any atom is -0.464 e. The molecule has 2 aromatic rings. The van der Waals surface area contributed by atoms with Gasteiger partial charge in [0, 0.05) is 29.2 Å². The number of nitrogens with two attached hydrogens (primary N) is 1. The molecule has 1 fully saturated rings. The lowest BCUT2D eigenvalue weighted by Gasteiger charge is -2.10. The smallest absolute Gasteiger partial charge is 0.134 e. The number of nitrogens with one attached hydrogen (secondary N) is 1. The summed E-state index contributed by atoms with van der Waals surface area (Å²) >= 11 is 0. The molecule has 0 radical (unpaired) electrons. The van der Waals surface area contributed by atoms with Gasteiger partial charge < -0.3 is 15.5 Å². The number of hydrogen-bond acceptors (Lipinski definition) is 3. The van der Waals surface area contributed by atoms with E-state index in [1.807, 2.05) is 24.5 Å². The second kappa shape index (κ2) is 4.41. The van der Waals surface area contributed by atoms with Crippen LogP contribution in [-0.4, -0.2) is 6.04 Å². The molecule has 1 aliphatic carbocycles. The van der Waals surface area contributed by atoms with Crippen molar-refractivity contribution in [3.63, 3.8) is 0 Å². The lowest BCUT2D eigenvalue weighted by molar-refractivity contribution is 0.520. The second-order valence-corrected chi connectivity index (χ2v) is 4.88. The summed E-state index contributed by atoms with van der Waals surface area (Å²) in [5.74, 6) is 0. The molecular formula is C14H18N2O. The van der Waals surface area contributed by atoms with Crippen molar-refractivity contribution >= 4 is 16.7 Å². The molecule has 0 aliphatic heterocycles. The maximum atomic E-state index is 5.81. The lowest BCUT2D eigenvalue weighted by Crippen LogP contribution is -2.25. The van der Waals surface area contributed by atoms with E-state index in [4.69, 9.17) is 10.2 Å². The molecule has 3 nitrogen and oxygen atoms in total. The molecule has 3 heteroatoms. The number of furan rings is 1. The Labute approximate surface area is 101 Å². The fraction of sp³-hybridized carbons (Fsp3) is 0.429. The van der Waals surface area contributed by atoms with Crippen LogP contribution in [-0.2, 0) is 6.54 Å². The Hall–Kier alpha value is -1.48. The zero-order valence-electron chi connectivity index (χ0n) is 9.91. The Kier molecular flexibility index (Phi) is 2.77. The first-order chi connectivity index (χ1) is 8.33. The zero-order chi connectivity index (χ0) is 11.7. The van der Waals surface area contributed by atoms with Crippen LogP contribution in [0.3, 0.4) is 0 Å². The lowest BCUT2D eigenvalue weighted by atomic mass is 10.1. The van der Waals surface area contributed by atoms with Gasteiger partial charge in [0.25, 0.3) is 0 Å². The van der Waals surface area contributed by atoms with Crippen LogP contribution in [0.1, 0.15) is 31.2 Å². The summed E-state index contributed by atoms with van der Waals surface area (Å²) in [6.45, 7) is 0.876. The van der Waals surface area contributed by atoms with Gasteiger partial charge in [-0.25, -0.2) is 0 Å². The van der Waals surface area contributed by atoms with Crippen LogP contribution in [0.15, 0.2) is 28.9 Å². The summed E-state index contributed by atoms with van der Waals surface area (Å²) < 4.78 is 5.52. The van der Waals surface area contributed by atoms with E-state index < -0.39 is 0 Å². The highest BCUT2D eigenvalue weighted by atomic mass is 16.3. The van der Waals surface area contributed by atoms with E-state index in [1.165, 1.54) is 31.2 Å². The molecule has 90 valence electrons. The van der Waals surface area contributed by atoms with Crippen molar-refractivity contribution in [1.82, 2.24) is 5.32 Å². The first-order valence-corrected chi connectivity index (χ1v) is 6.32. The van der Waals surface area contributed by atoms with Crippen molar-refractivity contribution in [2.24, 2.45) is 0 Å². The van der Waals surface area contributed by atoms with Crippen LogP contribution in [0.4, 0.5) is 5.69 Å². The van der Waals surface area contributed by atoms with E-state index >= 15 is 0 Å². The minimum atomic E-state index is 0.681. The van der Waals surface area contributed by atoms with Crippen molar-refractivity contribution in [3.8, 4) is 0 Å². The van der Waals surface area contributed by atoms with Gasteiger partial charge in [0.2, 0.25) is 0 Å². The molecule has 1 heterocycles. The van der Waals surface area contributed by atoms with Crippen LogP contribution in [0, 0.1) is 0 Å². The standard InChI is InChI=1S/C14H18N2O/c15-11-5-6-14-13(7-11)10(9-17-14)8-16-12-3-1-2-4-12/h5-7,9,12,16H,1-4,8,15H2. The summed E-state index contributed by atoms with van der Waals surface area (Å²) in [5, 5.41) is 4.73. The molecule has 17 heavy (non-hydrogen) atoms. The molecule has 1 aromatic heterocycles. The van der Waals surface area contributed by atoms with Crippen LogP contribution in [0.5, 0.6) is 0 Å². The molecule has 0 unspecified atom stereocenters. The van der Waals surface area contributed by atoms with Gasteiger partial charge in [-0.05, 0) is 31.0 Å². The minimum absolute atomic E-state index is 0.681. The van der Waals surface area contributed by atoms with Crippen LogP contribution >= 0.6 is 0 Å². The third kappa shape index (κ3) is 2.15. The van der Waals surface area contributed by atoms with Gasteiger partial charge in [-0.15, -0.1) is 0 Å². The van der Waals surface area contributed by atoms with E-state index in [0.717, 1.165) is 23.2 Å². The van der Waals surface area contributed by atoms with E-state index in [9.17, 15) is 0 Å². The van der Waals surface area contributed by atoms with Gasteiger partial charge in [0.05, 0.1) is 6.26 Å². The molecule has 1 aliphatic rings. The topological polar surface area (TPSA) is 51.2 Å². The molecule has 0 amide bonds. The normalized spacial score (nSPS) is 16.9. The van der Waals surface area contributed by atoms with Gasteiger partial charge >= 0.3 is 0 Å². The predicted molar refractivity (Wildman–Crippen MR) is 69.7 cm³/mol. The van der Waals surface area contributed by atoms with Gasteiger partial charge in [-0.2, -0.15) is 0 Å². The number of fused-ring (bicyclic) bond motifs is 1. The van der Waals surface area contributed by atoms with E-state index in [1.54, 1.807) is 0 Å². The van der Waals surface area contributed by atoms with Gasteiger partial charge in [-0.3, -0.25) is 0 Å². The summed E-state index contributed by atoms with van der Waals surface area (Å²) in [6, 6.07) is 6.48. The molecule has 0 saturated heterocycles. The number of benzene rings is 1. The van der Waals surface area contributed by atoms with Gasteiger partial charge in [0.1, 0.15) is 5.58 Å². The number of nitrogen functional groups attached to an aromatic ring is 1. The van der Waals surface area contributed by atoms with Crippen molar-refractivity contribution in [3.05, 3.63) is 30.0 Å². The van der Waals surface area contributed by atoms with Crippen molar-refractivity contribution < 1.29 is 4.42 Å². The molecule has 3 N–H and O–H groups in total. The fourth-order valence-electron chi connectivity index (χ4n) is 2.62. The van der Waals surface area contributed by atoms with Crippen LogP contribution in [0.25, 0.3) is 11.0 Å². The molecule has 1 saturated carbocycles. The highest BCUT2D eigenvalue weighted by molar-refractivity contribution is 5.84. The predicted octanol–water partition coefficient (Wildman–Crippen LogP) is 3.05. The first-order valence-electron chi connectivity index (χ1n) is 6.32. The summed E-state index contributed by atoms with van der Waals surface area (Å²) in [7, 11) is 0. The Balaban J connectivity index is 1.77.